The average Bonchev–Trinajstić information content (AvgIpc) is 1.69. The number of fused-ring (bicyclic) bond motifs is 1. The highest BCUT2D eigenvalue weighted by atomic mass is 32.2. The summed E-state index contributed by atoms with van der Waals surface area (Å²) in [6.07, 6.45) is -7.40. The highest BCUT2D eigenvalue weighted by molar-refractivity contribution is 7.98. The summed E-state index contributed by atoms with van der Waals surface area (Å²) in [7, 11) is 0. The number of thioether (sulfide) groups is 1. The molecule has 55 heteroatoms. The van der Waals surface area contributed by atoms with Gasteiger partial charge < -0.3 is 160 Å². The van der Waals surface area contributed by atoms with Gasteiger partial charge in [0, 0.05) is 48.5 Å². The summed E-state index contributed by atoms with van der Waals surface area (Å²) in [5, 5.41) is 116. The van der Waals surface area contributed by atoms with Crippen LogP contribution in [0.25, 0.3) is 10.9 Å². The molecule has 1 aromatic heterocycles. The standard InChI is InChI=1S/C79H116N22O31S2/c1-34(2)21-45(73(125)101-62(36(4)106)78(130)96-47(23-38-28-85-41-14-10-9-13-39(38)41)68(120)98-55(32-105)77(129)100-52(29-102)74(126)94-48(24-56(81)107)69(121)89-44(79(131)132)16-18-61(113)114)90-67(119)46(22-37-11-7-6-8-12-37)91-70(122)49(25-57(82)108)92-71(123)50(26-58(83)109)93-72(124)51(27-59(84)110)95-75(127)53(30-103)99-76(128)54(31-104)97-66(118)43(19-20-134-5)88-65(117)42(15-17-60(111)112)87-63(115)35(3)86-64(116)40(80)33-133/h6-14,28,34-36,40,42-55,62,85,102-106,133H,15-27,29-33,80H2,1-5H3,(H2,81,107)(H2,82,108)(H2,83,109)(H2,84,110)(H,86,116)(H,87,115)(H,88,117)(H,89,121)(H,90,119)(H,91,122)(H,92,123)(H,93,124)(H,94,126)(H,95,127)(H,96,130)(H,97,118)(H,98,120)(H,99,128)(H,100,129)(H,101,125)(H,111,112)(H,113,114)(H,131,132)/t35-,36+,40-,42-,43-,44-,45-,46-,47-,48-,49-,50-,51-,52-,53-,54-,55-,62-/m0/s1. The number of para-hydroxylation sites is 1. The molecule has 18 atom stereocenters. The summed E-state index contributed by atoms with van der Waals surface area (Å²) in [4.78, 5) is 310. The molecule has 0 bridgehead atoms. The number of benzene rings is 2. The first-order valence-electron chi connectivity index (χ1n) is 41.2. The molecule has 0 aliphatic rings. The number of rotatable bonds is 62. The number of carboxylic acids is 3. The average molecular weight is 1930 g/mol. The second-order valence-electron chi connectivity index (χ2n) is 30.9. The molecule has 134 heavy (non-hydrogen) atoms. The molecule has 0 aliphatic heterocycles. The van der Waals surface area contributed by atoms with E-state index in [0.717, 1.165) is 6.92 Å². The first kappa shape index (κ1) is 114. The van der Waals surface area contributed by atoms with E-state index in [1.165, 1.54) is 49.1 Å². The van der Waals surface area contributed by atoms with Gasteiger partial charge in [-0.15, -0.1) is 0 Å². The van der Waals surface area contributed by atoms with Crippen LogP contribution in [0.15, 0.2) is 60.8 Å². The van der Waals surface area contributed by atoms with Gasteiger partial charge in [-0.1, -0.05) is 62.4 Å². The summed E-state index contributed by atoms with van der Waals surface area (Å²) >= 11 is 5.10. The number of carboxylic acid groups (broad SMARTS) is 3. The maximum Gasteiger partial charge on any atom is 0.326 e. The van der Waals surface area contributed by atoms with Crippen LogP contribution in [0.1, 0.15) is 103 Å². The lowest BCUT2D eigenvalue weighted by atomic mass is 9.99. The van der Waals surface area contributed by atoms with Crippen LogP contribution in [-0.4, -0.2) is 335 Å². The maximum atomic E-state index is 14.8. The predicted octanol–water partition coefficient (Wildman–Crippen LogP) is -13.5. The largest absolute Gasteiger partial charge is 0.481 e. The molecule has 35 N–H and O–H groups in total. The molecule has 0 fully saturated rings. The Morgan fingerprint density at radius 2 is 0.694 bits per heavy atom. The van der Waals surface area contributed by atoms with Crippen LogP contribution in [0.4, 0.5) is 0 Å². The number of carbonyl (C=O) groups is 23. The topological polar surface area (TPSA) is 893 Å². The van der Waals surface area contributed by atoms with Gasteiger partial charge in [-0.2, -0.15) is 24.4 Å². The molecule has 0 saturated heterocycles. The van der Waals surface area contributed by atoms with E-state index < -0.39 is 341 Å². The molecular weight excluding hydrogens is 1820 g/mol. The van der Waals surface area contributed by atoms with Gasteiger partial charge in [0.15, 0.2) is 0 Å². The van der Waals surface area contributed by atoms with Gasteiger partial charge in [0.2, 0.25) is 118 Å². The number of aromatic amines is 1. The van der Waals surface area contributed by atoms with Crippen molar-refractivity contribution in [3.05, 3.63) is 71.9 Å². The number of hydrogen-bond acceptors (Lipinski definition) is 31. The van der Waals surface area contributed by atoms with E-state index in [-0.39, 0.29) is 24.3 Å². The molecule has 2 aromatic carbocycles. The number of amides is 20. The van der Waals surface area contributed by atoms with E-state index in [2.05, 4.69) is 70.8 Å². The molecule has 0 saturated carbocycles. The van der Waals surface area contributed by atoms with Crippen LogP contribution in [0, 0.1) is 5.92 Å². The zero-order chi connectivity index (χ0) is 101. The van der Waals surface area contributed by atoms with Crippen LogP contribution < -0.4 is 114 Å². The first-order chi connectivity index (χ1) is 63.0. The number of carbonyl (C=O) groups excluding carboxylic acids is 20. The van der Waals surface area contributed by atoms with E-state index in [4.69, 9.17) is 33.8 Å². The van der Waals surface area contributed by atoms with Crippen LogP contribution in [0.3, 0.4) is 0 Å². The molecule has 0 aliphatic carbocycles. The molecule has 1 heterocycles. The van der Waals surface area contributed by atoms with Gasteiger partial charge in [0.25, 0.3) is 0 Å². The fraction of sp³-hybridized carbons (Fsp3) is 0.532. The van der Waals surface area contributed by atoms with Crippen molar-refractivity contribution in [1.29, 1.82) is 0 Å². The van der Waals surface area contributed by atoms with Gasteiger partial charge in [0.05, 0.1) is 64.3 Å². The number of aromatic nitrogens is 1. The van der Waals surface area contributed by atoms with Crippen molar-refractivity contribution < 1.29 is 151 Å². The number of primary amides is 4. The fourth-order valence-electron chi connectivity index (χ4n) is 12.4. The van der Waals surface area contributed by atoms with Crippen molar-refractivity contribution >= 4 is 171 Å². The highest BCUT2D eigenvalue weighted by Crippen LogP contribution is 2.21. The van der Waals surface area contributed by atoms with E-state index in [9.17, 15) is 146 Å². The molecule has 53 nitrogen and oxygen atoms in total. The van der Waals surface area contributed by atoms with E-state index in [0.29, 0.717) is 22.0 Å². The minimum Gasteiger partial charge on any atom is -0.481 e. The smallest absolute Gasteiger partial charge is 0.326 e. The Labute approximate surface area is 773 Å². The number of hydrogen-bond donors (Lipinski definition) is 31. The van der Waals surface area contributed by atoms with Crippen LogP contribution in [0.2, 0.25) is 0 Å². The molecule has 3 aromatic rings. The number of aliphatic hydroxyl groups is 5. The minimum absolute atomic E-state index is 0.110. The quantitative estimate of drug-likeness (QED) is 0.0233. The van der Waals surface area contributed by atoms with Crippen molar-refractivity contribution in [3.8, 4) is 0 Å². The van der Waals surface area contributed by atoms with Gasteiger partial charge in [-0.25, -0.2) is 4.79 Å². The van der Waals surface area contributed by atoms with Crippen molar-refractivity contribution in [2.24, 2.45) is 34.6 Å². The van der Waals surface area contributed by atoms with Crippen LogP contribution in [-0.2, 0) is 123 Å². The summed E-state index contributed by atoms with van der Waals surface area (Å²) in [6, 6.07) is -17.9. The Hall–Kier alpha value is -13.7. The summed E-state index contributed by atoms with van der Waals surface area (Å²) in [5.41, 5.74) is 28.5. The second-order valence-corrected chi connectivity index (χ2v) is 32.2. The molecular formula is C79H116N22O31S2. The molecule has 0 spiro atoms. The van der Waals surface area contributed by atoms with Crippen molar-refractivity contribution in [1.82, 2.24) is 90.1 Å². The van der Waals surface area contributed by atoms with Gasteiger partial charge in [-0.3, -0.25) is 105 Å². The van der Waals surface area contributed by atoms with Gasteiger partial charge in [-0.05, 0) is 74.7 Å². The third-order valence-electron chi connectivity index (χ3n) is 19.5. The van der Waals surface area contributed by atoms with E-state index >= 15 is 0 Å². The van der Waals surface area contributed by atoms with Crippen molar-refractivity contribution in [2.45, 2.75) is 214 Å². The molecule has 0 radical (unpaired) electrons. The Morgan fingerprint density at radius 1 is 0.373 bits per heavy atom. The summed E-state index contributed by atoms with van der Waals surface area (Å²) < 4.78 is 0. The molecule has 20 amide bonds. The predicted molar refractivity (Wildman–Crippen MR) is 470 cm³/mol. The number of nitrogens with one attached hydrogen (secondary N) is 17. The van der Waals surface area contributed by atoms with Crippen LogP contribution in [0.5, 0.6) is 0 Å². The number of aliphatic carboxylic acids is 3. The fourth-order valence-corrected chi connectivity index (χ4v) is 13.1. The SMILES string of the molecule is CSCC[C@H](NC(=O)[C@H](CCC(=O)O)NC(=O)[C@H](C)NC(=O)[C@@H](N)CS)C(=O)N[C@@H](CO)C(=O)N[C@@H](CO)C(=O)N[C@@H](CC(N)=O)C(=O)N[C@@H](CC(N)=O)C(=O)N[C@@H](CC(N)=O)C(=O)N[C@@H](Cc1ccccc1)C(=O)N[C@@H](CC(C)C)C(=O)N[C@H](C(=O)N[C@@H](Cc1c[nH]c2ccccc12)C(=O)N[C@@H](CO)C(=O)N[C@@H](CO)C(=O)N[C@@H](CC(N)=O)C(=O)N[C@@H](CCC(=O)O)C(=O)O)[C@@H](C)O. The summed E-state index contributed by atoms with van der Waals surface area (Å²) in [6.45, 7) is 0.271. The monoisotopic (exact) mass is 1930 g/mol. The second kappa shape index (κ2) is 57.5. The molecule has 3 rings (SSSR count). The number of H-pyrrole nitrogens is 1. The number of nitrogens with two attached hydrogens (primary N) is 5. The Bertz CT molecular complexity index is 4680. The van der Waals surface area contributed by atoms with Crippen molar-refractivity contribution in [2.75, 3.05) is 44.2 Å². The van der Waals surface area contributed by atoms with E-state index in [1.807, 2.05) is 31.9 Å². The first-order valence-corrected chi connectivity index (χ1v) is 43.3. The third kappa shape index (κ3) is 39.7. The van der Waals surface area contributed by atoms with Crippen molar-refractivity contribution in [3.63, 3.8) is 0 Å². The lowest BCUT2D eigenvalue weighted by molar-refractivity contribution is -0.144. The normalized spacial score (nSPS) is 15.1. The summed E-state index contributed by atoms with van der Waals surface area (Å²) in [5.74, 6) is -31.0. The maximum absolute atomic E-state index is 14.8. The van der Waals surface area contributed by atoms with Crippen LogP contribution >= 0.6 is 24.4 Å². The molecule has 740 valence electrons. The minimum atomic E-state index is -2.24. The zero-order valence-corrected chi connectivity index (χ0v) is 74.9. The highest BCUT2D eigenvalue weighted by Gasteiger charge is 2.41. The molecule has 0 unspecified atom stereocenters. The number of thiol groups is 1. The lowest BCUT2D eigenvalue weighted by Crippen LogP contribution is -2.63. The third-order valence-corrected chi connectivity index (χ3v) is 20.6. The van der Waals surface area contributed by atoms with Gasteiger partial charge >= 0.3 is 17.9 Å². The number of aliphatic hydroxyl groups excluding tert-OH is 5. The Morgan fingerprint density at radius 3 is 1.07 bits per heavy atom. The van der Waals surface area contributed by atoms with E-state index in [1.54, 1.807) is 50.4 Å². The Kier molecular flexibility index (Phi) is 49.1. The lowest BCUT2D eigenvalue weighted by Gasteiger charge is -2.29. The zero-order valence-electron chi connectivity index (χ0n) is 73.2. The Balaban J connectivity index is 1.95. The van der Waals surface area contributed by atoms with Gasteiger partial charge in [0.1, 0.15) is 96.7 Å².